The number of thioether (sulfide) groups is 1. The van der Waals surface area contributed by atoms with Crippen LogP contribution < -0.4 is 4.72 Å². The number of hydrogen-bond acceptors (Lipinski definition) is 5. The molecule has 0 saturated heterocycles. The van der Waals surface area contributed by atoms with E-state index in [4.69, 9.17) is 5.26 Å². The summed E-state index contributed by atoms with van der Waals surface area (Å²) in [5.41, 5.74) is 0.999. The molecule has 0 aliphatic rings. The molecular formula is C13H16N2O3S2. The SMILES string of the molecule is CCSCCC(=O)NS(=O)(=O)Cc1ccc(C#N)cc1. The van der Waals surface area contributed by atoms with E-state index in [0.29, 0.717) is 16.9 Å². The van der Waals surface area contributed by atoms with Crippen LogP contribution in [0.25, 0.3) is 0 Å². The fourth-order valence-electron chi connectivity index (χ4n) is 1.46. The number of rotatable bonds is 7. The van der Waals surface area contributed by atoms with Crippen LogP contribution >= 0.6 is 11.8 Å². The Balaban J connectivity index is 2.56. The van der Waals surface area contributed by atoms with Crippen LogP contribution in [0.2, 0.25) is 0 Å². The molecule has 0 spiro atoms. The Bertz CT molecular complexity index is 589. The van der Waals surface area contributed by atoms with E-state index < -0.39 is 15.9 Å². The van der Waals surface area contributed by atoms with Crippen LogP contribution in [0, 0.1) is 11.3 Å². The largest absolute Gasteiger partial charge is 0.274 e. The molecular weight excluding hydrogens is 296 g/mol. The Morgan fingerprint density at radius 1 is 1.35 bits per heavy atom. The van der Waals surface area contributed by atoms with Crippen molar-refractivity contribution in [3.63, 3.8) is 0 Å². The molecule has 0 radical (unpaired) electrons. The molecule has 1 rings (SSSR count). The molecule has 1 aromatic rings. The highest BCUT2D eigenvalue weighted by Gasteiger charge is 2.15. The summed E-state index contributed by atoms with van der Waals surface area (Å²) < 4.78 is 25.6. The van der Waals surface area contributed by atoms with Gasteiger partial charge in [-0.1, -0.05) is 19.1 Å². The number of nitrogens with zero attached hydrogens (tertiary/aromatic N) is 1. The van der Waals surface area contributed by atoms with Crippen molar-refractivity contribution in [2.45, 2.75) is 19.1 Å². The lowest BCUT2D eigenvalue weighted by atomic mass is 10.2. The van der Waals surface area contributed by atoms with Crippen molar-refractivity contribution in [3.05, 3.63) is 35.4 Å². The fraction of sp³-hybridized carbons (Fsp3) is 0.385. The summed E-state index contributed by atoms with van der Waals surface area (Å²) in [6.45, 7) is 1.98. The molecule has 1 N–H and O–H groups in total. The predicted octanol–water partition coefficient (Wildman–Crippen LogP) is 1.65. The number of nitriles is 1. The minimum atomic E-state index is -3.68. The van der Waals surface area contributed by atoms with Crippen molar-refractivity contribution in [1.82, 2.24) is 4.72 Å². The predicted molar refractivity (Wildman–Crippen MR) is 79.5 cm³/mol. The third-order valence-corrected chi connectivity index (χ3v) is 4.54. The van der Waals surface area contributed by atoms with E-state index in [0.717, 1.165) is 5.75 Å². The van der Waals surface area contributed by atoms with Gasteiger partial charge in [-0.2, -0.15) is 17.0 Å². The Hall–Kier alpha value is -1.52. The standard InChI is InChI=1S/C13H16N2O3S2/c1-2-19-8-7-13(16)15-20(17,18)10-12-5-3-11(9-14)4-6-12/h3-6H,2,7-8,10H2,1H3,(H,15,16). The quantitative estimate of drug-likeness (QED) is 0.774. The van der Waals surface area contributed by atoms with Gasteiger partial charge in [0.15, 0.2) is 0 Å². The van der Waals surface area contributed by atoms with Gasteiger partial charge in [0.05, 0.1) is 17.4 Å². The van der Waals surface area contributed by atoms with Gasteiger partial charge in [0, 0.05) is 12.2 Å². The van der Waals surface area contributed by atoms with E-state index in [1.165, 1.54) is 0 Å². The third-order valence-electron chi connectivity index (χ3n) is 2.39. The van der Waals surface area contributed by atoms with Gasteiger partial charge in [0.1, 0.15) is 0 Å². The summed E-state index contributed by atoms with van der Waals surface area (Å²) in [6.07, 6.45) is 0.186. The van der Waals surface area contributed by atoms with E-state index in [-0.39, 0.29) is 12.2 Å². The first kappa shape index (κ1) is 16.5. The second-order valence-corrected chi connectivity index (χ2v) is 7.16. The van der Waals surface area contributed by atoms with E-state index in [2.05, 4.69) is 0 Å². The summed E-state index contributed by atoms with van der Waals surface area (Å²) in [7, 11) is -3.68. The van der Waals surface area contributed by atoms with Crippen LogP contribution in [0.5, 0.6) is 0 Å². The Morgan fingerprint density at radius 3 is 2.55 bits per heavy atom. The van der Waals surface area contributed by atoms with E-state index in [1.807, 2.05) is 17.7 Å². The van der Waals surface area contributed by atoms with Crippen LogP contribution in [0.4, 0.5) is 0 Å². The minimum Gasteiger partial charge on any atom is -0.274 e. The maximum Gasteiger partial charge on any atom is 0.239 e. The smallest absolute Gasteiger partial charge is 0.239 e. The lowest BCUT2D eigenvalue weighted by Gasteiger charge is -2.07. The molecule has 5 nitrogen and oxygen atoms in total. The highest BCUT2D eigenvalue weighted by atomic mass is 32.2. The average Bonchev–Trinajstić information content (AvgIpc) is 2.38. The number of amides is 1. The van der Waals surface area contributed by atoms with Gasteiger partial charge in [0.2, 0.25) is 15.9 Å². The van der Waals surface area contributed by atoms with Crippen molar-refractivity contribution >= 4 is 27.7 Å². The first-order valence-electron chi connectivity index (χ1n) is 6.07. The number of carbonyl (C=O) groups excluding carboxylic acids is 1. The van der Waals surface area contributed by atoms with Crippen LogP contribution in [-0.2, 0) is 20.6 Å². The first-order valence-corrected chi connectivity index (χ1v) is 8.87. The van der Waals surface area contributed by atoms with Gasteiger partial charge < -0.3 is 0 Å². The molecule has 0 aliphatic heterocycles. The molecule has 0 bridgehead atoms. The van der Waals surface area contributed by atoms with E-state index >= 15 is 0 Å². The summed E-state index contributed by atoms with van der Waals surface area (Å²) in [5.74, 6) is 0.741. The first-order chi connectivity index (χ1) is 9.46. The van der Waals surface area contributed by atoms with Gasteiger partial charge in [-0.3, -0.25) is 9.52 Å². The Labute approximate surface area is 123 Å². The summed E-state index contributed by atoms with van der Waals surface area (Å²) in [5, 5.41) is 8.66. The Kier molecular flexibility index (Phi) is 6.55. The van der Waals surface area contributed by atoms with E-state index in [9.17, 15) is 13.2 Å². The molecule has 0 unspecified atom stereocenters. The normalized spacial score (nSPS) is 10.8. The molecule has 20 heavy (non-hydrogen) atoms. The van der Waals surface area contributed by atoms with Gasteiger partial charge in [-0.15, -0.1) is 0 Å². The summed E-state index contributed by atoms with van der Waals surface area (Å²) in [6, 6.07) is 8.18. The highest BCUT2D eigenvalue weighted by Crippen LogP contribution is 2.08. The highest BCUT2D eigenvalue weighted by molar-refractivity contribution is 7.99. The van der Waals surface area contributed by atoms with Crippen LogP contribution in [0.3, 0.4) is 0 Å². The maximum atomic E-state index is 11.8. The summed E-state index contributed by atoms with van der Waals surface area (Å²) in [4.78, 5) is 11.5. The topological polar surface area (TPSA) is 87.0 Å². The van der Waals surface area contributed by atoms with Gasteiger partial charge in [-0.05, 0) is 23.4 Å². The van der Waals surface area contributed by atoms with Crippen molar-refractivity contribution in [2.24, 2.45) is 0 Å². The molecule has 1 amide bonds. The number of benzene rings is 1. The monoisotopic (exact) mass is 312 g/mol. The average molecular weight is 312 g/mol. The molecule has 0 saturated carbocycles. The zero-order valence-corrected chi connectivity index (χ0v) is 12.8. The van der Waals surface area contributed by atoms with Crippen molar-refractivity contribution < 1.29 is 13.2 Å². The zero-order valence-electron chi connectivity index (χ0n) is 11.1. The second-order valence-electron chi connectivity index (χ2n) is 4.04. The van der Waals surface area contributed by atoms with Crippen molar-refractivity contribution in [1.29, 1.82) is 5.26 Å². The van der Waals surface area contributed by atoms with Gasteiger partial charge >= 0.3 is 0 Å². The lowest BCUT2D eigenvalue weighted by molar-refractivity contribution is -0.118. The molecule has 0 heterocycles. The lowest BCUT2D eigenvalue weighted by Crippen LogP contribution is -2.31. The number of hydrogen-bond donors (Lipinski definition) is 1. The van der Waals surface area contributed by atoms with Crippen LogP contribution in [-0.4, -0.2) is 25.8 Å². The van der Waals surface area contributed by atoms with Gasteiger partial charge in [-0.25, -0.2) is 8.42 Å². The van der Waals surface area contributed by atoms with Crippen molar-refractivity contribution in [3.8, 4) is 6.07 Å². The molecule has 1 aromatic carbocycles. The maximum absolute atomic E-state index is 11.8. The molecule has 0 atom stereocenters. The van der Waals surface area contributed by atoms with Crippen LogP contribution in [0.15, 0.2) is 24.3 Å². The van der Waals surface area contributed by atoms with E-state index in [1.54, 1.807) is 36.0 Å². The second kappa shape index (κ2) is 7.92. The molecule has 0 aliphatic carbocycles. The molecule has 7 heteroatoms. The Morgan fingerprint density at radius 2 is 2.00 bits per heavy atom. The third kappa shape index (κ3) is 6.08. The molecule has 0 fully saturated rings. The van der Waals surface area contributed by atoms with Crippen LogP contribution in [0.1, 0.15) is 24.5 Å². The number of carbonyl (C=O) groups is 1. The van der Waals surface area contributed by atoms with Gasteiger partial charge in [0.25, 0.3) is 0 Å². The fourth-order valence-corrected chi connectivity index (χ4v) is 3.24. The van der Waals surface area contributed by atoms with Crippen molar-refractivity contribution in [2.75, 3.05) is 11.5 Å². The zero-order chi connectivity index (χ0) is 15.0. The minimum absolute atomic E-state index is 0.186. The number of nitrogens with one attached hydrogen (secondary N) is 1. The number of sulfonamides is 1. The molecule has 108 valence electrons. The summed E-state index contributed by atoms with van der Waals surface area (Å²) >= 11 is 1.58. The molecule has 0 aromatic heterocycles.